The molecule has 3 rings (SSSR count). The van der Waals surface area contributed by atoms with E-state index in [9.17, 15) is 13.2 Å². The minimum atomic E-state index is -4.08. The van der Waals surface area contributed by atoms with Crippen molar-refractivity contribution in [3.8, 4) is 11.5 Å². The number of hydrogen-bond donors (Lipinski definition) is 1. The molecular formula is C22H20Cl2N2O5S. The highest BCUT2D eigenvalue weighted by molar-refractivity contribution is 7.92. The fourth-order valence-corrected chi connectivity index (χ4v) is 4.62. The molecular weight excluding hydrogens is 475 g/mol. The number of ether oxygens (including phenoxy) is 2. The molecule has 0 saturated carbocycles. The molecule has 0 radical (unpaired) electrons. The van der Waals surface area contributed by atoms with Gasteiger partial charge in [0.2, 0.25) is 5.91 Å². The van der Waals surface area contributed by atoms with Crippen molar-refractivity contribution in [3.05, 3.63) is 76.8 Å². The summed E-state index contributed by atoms with van der Waals surface area (Å²) in [4.78, 5) is 12.9. The zero-order valence-corrected chi connectivity index (χ0v) is 19.5. The Labute approximate surface area is 196 Å². The molecule has 0 unspecified atom stereocenters. The van der Waals surface area contributed by atoms with Gasteiger partial charge in [-0.2, -0.15) is 0 Å². The van der Waals surface area contributed by atoms with Gasteiger partial charge in [-0.3, -0.25) is 9.10 Å². The molecule has 0 fully saturated rings. The van der Waals surface area contributed by atoms with Gasteiger partial charge in [-0.1, -0.05) is 41.4 Å². The summed E-state index contributed by atoms with van der Waals surface area (Å²) in [6.07, 6.45) is 0. The van der Waals surface area contributed by atoms with E-state index in [1.165, 1.54) is 44.6 Å². The predicted molar refractivity (Wildman–Crippen MR) is 126 cm³/mol. The third-order valence-electron chi connectivity index (χ3n) is 4.49. The third kappa shape index (κ3) is 5.27. The number of sulfonamides is 1. The predicted octanol–water partition coefficient (Wildman–Crippen LogP) is 4.84. The Balaban J connectivity index is 1.96. The number of nitrogens with one attached hydrogen (secondary N) is 1. The van der Waals surface area contributed by atoms with E-state index in [-0.39, 0.29) is 20.6 Å². The van der Waals surface area contributed by atoms with Crippen LogP contribution in [0.4, 0.5) is 11.4 Å². The van der Waals surface area contributed by atoms with Crippen LogP contribution in [0.2, 0.25) is 10.0 Å². The minimum absolute atomic E-state index is 0.0286. The van der Waals surface area contributed by atoms with Crippen LogP contribution >= 0.6 is 23.2 Å². The van der Waals surface area contributed by atoms with Crippen molar-refractivity contribution in [1.29, 1.82) is 0 Å². The Morgan fingerprint density at radius 3 is 2.28 bits per heavy atom. The molecule has 0 aliphatic heterocycles. The van der Waals surface area contributed by atoms with Crippen molar-refractivity contribution in [2.45, 2.75) is 4.90 Å². The summed E-state index contributed by atoms with van der Waals surface area (Å²) in [5.74, 6) is 0.327. The van der Waals surface area contributed by atoms with Crippen molar-refractivity contribution in [1.82, 2.24) is 0 Å². The second-order valence-corrected chi connectivity index (χ2v) is 9.21. The van der Waals surface area contributed by atoms with Crippen molar-refractivity contribution in [2.75, 3.05) is 30.4 Å². The number of methoxy groups -OCH3 is 2. The zero-order chi connectivity index (χ0) is 23.3. The highest BCUT2D eigenvalue weighted by atomic mass is 35.5. The fraction of sp³-hybridized carbons (Fsp3) is 0.136. The van der Waals surface area contributed by atoms with Gasteiger partial charge >= 0.3 is 0 Å². The maximum atomic E-state index is 13.4. The van der Waals surface area contributed by atoms with Crippen LogP contribution in [-0.2, 0) is 14.8 Å². The first-order valence-corrected chi connectivity index (χ1v) is 11.5. The number of rotatable bonds is 8. The van der Waals surface area contributed by atoms with Crippen LogP contribution in [0.1, 0.15) is 0 Å². The molecule has 0 spiro atoms. The topological polar surface area (TPSA) is 84.9 Å². The van der Waals surface area contributed by atoms with E-state index < -0.39 is 22.5 Å². The van der Waals surface area contributed by atoms with E-state index in [1.54, 1.807) is 36.4 Å². The number of halogens is 2. The van der Waals surface area contributed by atoms with E-state index in [4.69, 9.17) is 32.7 Å². The fourth-order valence-electron chi connectivity index (χ4n) is 2.90. The standard InChI is InChI=1S/C22H20Cl2N2O5S/c1-30-16-9-11-20(21(13-16)31-2)25-22(27)14-26(15-8-10-18(23)19(24)12-15)32(28,29)17-6-4-3-5-7-17/h3-13H,14H2,1-2H3,(H,25,27). The zero-order valence-electron chi connectivity index (χ0n) is 17.2. The second-order valence-electron chi connectivity index (χ2n) is 6.54. The molecule has 0 bridgehead atoms. The molecule has 10 heteroatoms. The monoisotopic (exact) mass is 494 g/mol. The molecule has 0 aromatic heterocycles. The largest absolute Gasteiger partial charge is 0.497 e. The highest BCUT2D eigenvalue weighted by Crippen LogP contribution is 2.32. The quantitative estimate of drug-likeness (QED) is 0.483. The average molecular weight is 495 g/mol. The molecule has 168 valence electrons. The molecule has 0 aliphatic carbocycles. The Morgan fingerprint density at radius 2 is 1.66 bits per heavy atom. The number of hydrogen-bond acceptors (Lipinski definition) is 5. The number of anilines is 2. The first kappa shape index (κ1) is 23.7. The first-order chi connectivity index (χ1) is 15.3. The Hall–Kier alpha value is -2.94. The SMILES string of the molecule is COc1ccc(NC(=O)CN(c2ccc(Cl)c(Cl)c2)S(=O)(=O)c2ccccc2)c(OC)c1. The van der Waals surface area contributed by atoms with Gasteiger partial charge < -0.3 is 14.8 Å². The maximum absolute atomic E-state index is 13.4. The lowest BCUT2D eigenvalue weighted by atomic mass is 10.2. The summed E-state index contributed by atoms with van der Waals surface area (Å²) in [5, 5.41) is 3.10. The molecule has 3 aromatic rings. The summed E-state index contributed by atoms with van der Waals surface area (Å²) >= 11 is 12.1. The second kappa shape index (κ2) is 10.1. The summed E-state index contributed by atoms with van der Waals surface area (Å²) in [6.45, 7) is -0.510. The first-order valence-electron chi connectivity index (χ1n) is 9.31. The molecule has 1 amide bonds. The summed E-state index contributed by atoms with van der Waals surface area (Å²) in [5.41, 5.74) is 0.560. The normalized spacial score (nSPS) is 11.0. The number of nitrogens with zero attached hydrogens (tertiary/aromatic N) is 1. The van der Waals surface area contributed by atoms with Crippen LogP contribution in [-0.4, -0.2) is 35.1 Å². The lowest BCUT2D eigenvalue weighted by molar-refractivity contribution is -0.114. The Bertz CT molecular complexity index is 1220. The summed E-state index contributed by atoms with van der Waals surface area (Å²) in [7, 11) is -1.12. The molecule has 32 heavy (non-hydrogen) atoms. The summed E-state index contributed by atoms with van der Waals surface area (Å²) in [6, 6.07) is 17.0. The minimum Gasteiger partial charge on any atom is -0.497 e. The number of benzene rings is 3. The molecule has 0 atom stereocenters. The number of amides is 1. The Morgan fingerprint density at radius 1 is 0.938 bits per heavy atom. The lowest BCUT2D eigenvalue weighted by Crippen LogP contribution is -2.38. The van der Waals surface area contributed by atoms with Crippen molar-refractivity contribution in [2.24, 2.45) is 0 Å². The lowest BCUT2D eigenvalue weighted by Gasteiger charge is -2.24. The average Bonchev–Trinajstić information content (AvgIpc) is 2.80. The molecule has 0 heterocycles. The molecule has 0 aliphatic rings. The van der Waals surface area contributed by atoms with Gasteiger partial charge in [0.15, 0.2) is 0 Å². The smallest absolute Gasteiger partial charge is 0.264 e. The van der Waals surface area contributed by atoms with Crippen molar-refractivity contribution >= 4 is 50.5 Å². The summed E-state index contributed by atoms with van der Waals surface area (Å²) < 4.78 is 38.1. The van der Waals surface area contributed by atoms with Crippen LogP contribution in [0.5, 0.6) is 11.5 Å². The molecule has 3 aromatic carbocycles. The van der Waals surface area contributed by atoms with Gasteiger partial charge in [-0.05, 0) is 42.5 Å². The highest BCUT2D eigenvalue weighted by Gasteiger charge is 2.28. The van der Waals surface area contributed by atoms with Crippen LogP contribution in [0.25, 0.3) is 0 Å². The van der Waals surface area contributed by atoms with E-state index in [0.29, 0.717) is 17.2 Å². The van der Waals surface area contributed by atoms with Gasteiger partial charge in [0.25, 0.3) is 10.0 Å². The van der Waals surface area contributed by atoms with Gasteiger partial charge in [-0.15, -0.1) is 0 Å². The molecule has 7 nitrogen and oxygen atoms in total. The van der Waals surface area contributed by atoms with Gasteiger partial charge in [0.05, 0.1) is 40.5 Å². The third-order valence-corrected chi connectivity index (χ3v) is 7.02. The van der Waals surface area contributed by atoms with Crippen LogP contribution < -0.4 is 19.1 Å². The van der Waals surface area contributed by atoms with E-state index >= 15 is 0 Å². The maximum Gasteiger partial charge on any atom is 0.264 e. The van der Waals surface area contributed by atoms with E-state index in [0.717, 1.165) is 4.31 Å². The molecule has 0 saturated heterocycles. The number of carbonyl (C=O) groups is 1. The van der Waals surface area contributed by atoms with Gasteiger partial charge in [0.1, 0.15) is 18.0 Å². The van der Waals surface area contributed by atoms with E-state index in [1.807, 2.05) is 0 Å². The van der Waals surface area contributed by atoms with Crippen molar-refractivity contribution in [3.63, 3.8) is 0 Å². The Kier molecular flexibility index (Phi) is 7.50. The van der Waals surface area contributed by atoms with E-state index in [2.05, 4.69) is 5.32 Å². The van der Waals surface area contributed by atoms with Crippen LogP contribution in [0.15, 0.2) is 71.6 Å². The number of carbonyl (C=O) groups excluding carboxylic acids is 1. The van der Waals surface area contributed by atoms with Crippen LogP contribution in [0, 0.1) is 0 Å². The van der Waals surface area contributed by atoms with Gasteiger partial charge in [0, 0.05) is 6.07 Å². The van der Waals surface area contributed by atoms with Gasteiger partial charge in [-0.25, -0.2) is 8.42 Å². The molecule has 1 N–H and O–H groups in total. The van der Waals surface area contributed by atoms with Crippen LogP contribution in [0.3, 0.4) is 0 Å². The van der Waals surface area contributed by atoms with Crippen molar-refractivity contribution < 1.29 is 22.7 Å².